The molecular formula is C13H21FN2O. The van der Waals surface area contributed by atoms with Crippen LogP contribution in [0.3, 0.4) is 0 Å². The summed E-state index contributed by atoms with van der Waals surface area (Å²) in [6.07, 6.45) is 1.97. The third-order valence-electron chi connectivity index (χ3n) is 2.63. The van der Waals surface area contributed by atoms with Gasteiger partial charge in [-0.15, -0.1) is 0 Å². The van der Waals surface area contributed by atoms with Crippen molar-refractivity contribution in [1.29, 1.82) is 0 Å². The minimum Gasteiger partial charge on any atom is -0.383 e. The van der Waals surface area contributed by atoms with Crippen molar-refractivity contribution in [3.8, 4) is 0 Å². The van der Waals surface area contributed by atoms with Gasteiger partial charge in [-0.25, -0.2) is 4.39 Å². The maximum atomic E-state index is 12.7. The highest BCUT2D eigenvalue weighted by atomic mass is 19.1. The Labute approximate surface area is 102 Å². The van der Waals surface area contributed by atoms with Crippen LogP contribution in [0.5, 0.6) is 0 Å². The van der Waals surface area contributed by atoms with Crippen LogP contribution in [0.4, 0.5) is 4.39 Å². The van der Waals surface area contributed by atoms with Gasteiger partial charge in [-0.3, -0.25) is 0 Å². The molecule has 0 aliphatic rings. The van der Waals surface area contributed by atoms with Crippen molar-refractivity contribution in [3.63, 3.8) is 0 Å². The average Bonchev–Trinajstić information content (AvgIpc) is 2.35. The molecule has 3 nitrogen and oxygen atoms in total. The van der Waals surface area contributed by atoms with Crippen molar-refractivity contribution in [2.75, 3.05) is 20.3 Å². The predicted molar refractivity (Wildman–Crippen MR) is 67.2 cm³/mol. The van der Waals surface area contributed by atoms with Gasteiger partial charge in [0.2, 0.25) is 0 Å². The largest absolute Gasteiger partial charge is 0.383 e. The summed E-state index contributed by atoms with van der Waals surface area (Å²) in [5, 5.41) is 3.39. The van der Waals surface area contributed by atoms with Crippen LogP contribution in [-0.2, 0) is 11.3 Å². The average molecular weight is 240 g/mol. The van der Waals surface area contributed by atoms with E-state index in [1.165, 1.54) is 12.1 Å². The number of methoxy groups -OCH3 is 1. The number of rotatable bonds is 8. The van der Waals surface area contributed by atoms with Gasteiger partial charge in [-0.2, -0.15) is 0 Å². The molecule has 0 bridgehead atoms. The molecule has 0 heterocycles. The van der Waals surface area contributed by atoms with E-state index in [9.17, 15) is 4.39 Å². The Morgan fingerprint density at radius 1 is 1.35 bits per heavy atom. The first kappa shape index (κ1) is 14.1. The Morgan fingerprint density at radius 3 is 2.65 bits per heavy atom. The first-order valence-corrected chi connectivity index (χ1v) is 5.93. The van der Waals surface area contributed by atoms with E-state index in [4.69, 9.17) is 10.5 Å². The van der Waals surface area contributed by atoms with Gasteiger partial charge in [0.1, 0.15) is 5.82 Å². The van der Waals surface area contributed by atoms with Gasteiger partial charge in [-0.05, 0) is 37.1 Å². The lowest BCUT2D eigenvalue weighted by Crippen LogP contribution is -2.33. The van der Waals surface area contributed by atoms with Crippen LogP contribution in [-0.4, -0.2) is 26.3 Å². The smallest absolute Gasteiger partial charge is 0.123 e. The fourth-order valence-corrected chi connectivity index (χ4v) is 1.67. The van der Waals surface area contributed by atoms with Crippen molar-refractivity contribution in [1.82, 2.24) is 5.32 Å². The minimum atomic E-state index is -0.203. The quantitative estimate of drug-likeness (QED) is 0.726. The molecule has 0 amide bonds. The first-order valence-electron chi connectivity index (χ1n) is 5.93. The fourth-order valence-electron chi connectivity index (χ4n) is 1.67. The standard InChI is InChI=1S/C13H21FN2O/c1-17-10-13(3-2-8-15)16-9-11-4-6-12(14)7-5-11/h4-7,13,16H,2-3,8-10,15H2,1H3. The molecule has 0 aliphatic heterocycles. The maximum absolute atomic E-state index is 12.7. The highest BCUT2D eigenvalue weighted by Gasteiger charge is 2.07. The molecule has 1 aromatic carbocycles. The van der Waals surface area contributed by atoms with Gasteiger partial charge in [0, 0.05) is 19.7 Å². The predicted octanol–water partition coefficient (Wildman–Crippen LogP) is 1.67. The summed E-state index contributed by atoms with van der Waals surface area (Å²) >= 11 is 0. The molecule has 0 aliphatic carbocycles. The zero-order valence-electron chi connectivity index (χ0n) is 10.3. The van der Waals surface area contributed by atoms with Crippen molar-refractivity contribution < 1.29 is 9.13 Å². The molecule has 17 heavy (non-hydrogen) atoms. The molecule has 96 valence electrons. The third-order valence-corrected chi connectivity index (χ3v) is 2.63. The number of benzene rings is 1. The summed E-state index contributed by atoms with van der Waals surface area (Å²) < 4.78 is 17.9. The van der Waals surface area contributed by atoms with E-state index in [1.807, 2.05) is 0 Å². The van der Waals surface area contributed by atoms with Crippen LogP contribution >= 0.6 is 0 Å². The van der Waals surface area contributed by atoms with E-state index >= 15 is 0 Å². The molecule has 1 atom stereocenters. The summed E-state index contributed by atoms with van der Waals surface area (Å²) in [5.41, 5.74) is 6.56. The lowest BCUT2D eigenvalue weighted by atomic mass is 10.1. The molecular weight excluding hydrogens is 219 g/mol. The molecule has 0 aromatic heterocycles. The summed E-state index contributed by atoms with van der Waals surface area (Å²) in [6, 6.07) is 6.82. The highest BCUT2D eigenvalue weighted by Crippen LogP contribution is 2.04. The zero-order valence-corrected chi connectivity index (χ0v) is 10.3. The van der Waals surface area contributed by atoms with Gasteiger partial charge in [0.15, 0.2) is 0 Å². The molecule has 0 radical (unpaired) electrons. The second-order valence-corrected chi connectivity index (χ2v) is 4.09. The van der Waals surface area contributed by atoms with Crippen molar-refractivity contribution in [2.24, 2.45) is 5.73 Å². The number of nitrogens with two attached hydrogens (primary N) is 1. The molecule has 0 fully saturated rings. The molecule has 4 heteroatoms. The molecule has 1 aromatic rings. The van der Waals surface area contributed by atoms with Crippen molar-refractivity contribution in [2.45, 2.75) is 25.4 Å². The number of halogens is 1. The third kappa shape index (κ3) is 5.77. The Hall–Kier alpha value is -0.970. The molecule has 0 saturated heterocycles. The van der Waals surface area contributed by atoms with Crippen LogP contribution < -0.4 is 11.1 Å². The lowest BCUT2D eigenvalue weighted by molar-refractivity contribution is 0.161. The van der Waals surface area contributed by atoms with Gasteiger partial charge in [0.25, 0.3) is 0 Å². The number of hydrogen-bond donors (Lipinski definition) is 2. The number of hydrogen-bond acceptors (Lipinski definition) is 3. The maximum Gasteiger partial charge on any atom is 0.123 e. The summed E-state index contributed by atoms with van der Waals surface area (Å²) in [7, 11) is 1.69. The minimum absolute atomic E-state index is 0.203. The van der Waals surface area contributed by atoms with E-state index < -0.39 is 0 Å². The van der Waals surface area contributed by atoms with E-state index in [1.54, 1.807) is 19.2 Å². The Bertz CT molecular complexity index is 303. The highest BCUT2D eigenvalue weighted by molar-refractivity contribution is 5.15. The van der Waals surface area contributed by atoms with Gasteiger partial charge < -0.3 is 15.8 Å². The normalized spacial score (nSPS) is 12.6. The number of ether oxygens (including phenoxy) is 1. The van der Waals surface area contributed by atoms with Gasteiger partial charge in [-0.1, -0.05) is 12.1 Å². The zero-order chi connectivity index (χ0) is 12.5. The Kier molecular flexibility index (Phi) is 6.77. The second-order valence-electron chi connectivity index (χ2n) is 4.09. The van der Waals surface area contributed by atoms with Gasteiger partial charge >= 0.3 is 0 Å². The van der Waals surface area contributed by atoms with Crippen LogP contribution in [0.1, 0.15) is 18.4 Å². The summed E-state index contributed by atoms with van der Waals surface area (Å²) in [5.74, 6) is -0.203. The lowest BCUT2D eigenvalue weighted by Gasteiger charge is -2.17. The summed E-state index contributed by atoms with van der Waals surface area (Å²) in [6.45, 7) is 2.08. The van der Waals surface area contributed by atoms with Crippen LogP contribution in [0.15, 0.2) is 24.3 Å². The molecule has 1 rings (SSSR count). The molecule has 0 saturated carbocycles. The summed E-state index contributed by atoms with van der Waals surface area (Å²) in [4.78, 5) is 0. The molecule has 0 spiro atoms. The molecule has 3 N–H and O–H groups in total. The molecule has 1 unspecified atom stereocenters. The number of nitrogens with one attached hydrogen (secondary N) is 1. The fraction of sp³-hybridized carbons (Fsp3) is 0.538. The topological polar surface area (TPSA) is 47.3 Å². The van der Waals surface area contributed by atoms with E-state index in [0.717, 1.165) is 24.9 Å². The van der Waals surface area contributed by atoms with E-state index in [2.05, 4.69) is 5.32 Å². The van der Waals surface area contributed by atoms with Crippen molar-refractivity contribution in [3.05, 3.63) is 35.6 Å². The first-order chi connectivity index (χ1) is 8.26. The van der Waals surface area contributed by atoms with Crippen molar-refractivity contribution >= 4 is 0 Å². The Morgan fingerprint density at radius 2 is 2.06 bits per heavy atom. The van der Waals surface area contributed by atoms with E-state index in [0.29, 0.717) is 19.2 Å². The van der Waals surface area contributed by atoms with Crippen LogP contribution in [0.2, 0.25) is 0 Å². The Balaban J connectivity index is 2.37. The van der Waals surface area contributed by atoms with Crippen LogP contribution in [0.25, 0.3) is 0 Å². The van der Waals surface area contributed by atoms with E-state index in [-0.39, 0.29) is 5.82 Å². The monoisotopic (exact) mass is 240 g/mol. The SMILES string of the molecule is COCC(CCCN)NCc1ccc(F)cc1. The second kappa shape index (κ2) is 8.17. The van der Waals surface area contributed by atoms with Gasteiger partial charge in [0.05, 0.1) is 6.61 Å². The van der Waals surface area contributed by atoms with Crippen LogP contribution in [0, 0.1) is 5.82 Å².